The van der Waals surface area contributed by atoms with Gasteiger partial charge in [0.15, 0.2) is 23.0 Å². The molecule has 2 aliphatic heterocycles. The van der Waals surface area contributed by atoms with Gasteiger partial charge >= 0.3 is 0 Å². The molecule has 30 heavy (non-hydrogen) atoms. The van der Waals surface area contributed by atoms with Crippen molar-refractivity contribution in [2.24, 2.45) is 0 Å². The van der Waals surface area contributed by atoms with E-state index in [0.29, 0.717) is 13.6 Å². The van der Waals surface area contributed by atoms with Crippen LogP contribution in [0.1, 0.15) is 37.8 Å². The van der Waals surface area contributed by atoms with Crippen molar-refractivity contribution in [2.75, 3.05) is 13.6 Å². The highest BCUT2D eigenvalue weighted by molar-refractivity contribution is 5.47. The van der Waals surface area contributed by atoms with Gasteiger partial charge in [-0.1, -0.05) is 55.4 Å². The van der Waals surface area contributed by atoms with E-state index in [1.54, 1.807) is 0 Å². The first kappa shape index (κ1) is 20.1. The van der Waals surface area contributed by atoms with Crippen LogP contribution in [0.2, 0.25) is 0 Å². The molecule has 0 spiro atoms. The lowest BCUT2D eigenvalue weighted by molar-refractivity contribution is 0.173. The molecule has 2 heterocycles. The predicted octanol–water partition coefficient (Wildman–Crippen LogP) is 6.16. The third kappa shape index (κ3) is 5.07. The van der Waals surface area contributed by atoms with Crippen molar-refractivity contribution in [2.45, 2.75) is 39.5 Å². The quantitative estimate of drug-likeness (QED) is 0.494. The fraction of sp³-hybridized carbons (Fsp3) is 0.308. The monoisotopic (exact) mass is 404 g/mol. The van der Waals surface area contributed by atoms with Crippen LogP contribution in [0.15, 0.2) is 71.8 Å². The van der Waals surface area contributed by atoms with Gasteiger partial charge in [-0.3, -0.25) is 0 Å². The maximum atomic E-state index is 5.51. The van der Waals surface area contributed by atoms with E-state index in [4.69, 9.17) is 18.9 Å². The van der Waals surface area contributed by atoms with Gasteiger partial charge in [0.1, 0.15) is 0 Å². The Bertz CT molecular complexity index is 985. The van der Waals surface area contributed by atoms with Crippen molar-refractivity contribution in [3.63, 3.8) is 0 Å². The number of fused-ring (bicyclic) bond motifs is 2. The van der Waals surface area contributed by atoms with Crippen LogP contribution in [0, 0.1) is 0 Å². The van der Waals surface area contributed by atoms with Gasteiger partial charge in [0.2, 0.25) is 13.6 Å². The summed E-state index contributed by atoms with van der Waals surface area (Å²) < 4.78 is 21.8. The minimum atomic E-state index is 0.310. The molecular weight excluding hydrogens is 376 g/mol. The average Bonchev–Trinajstić information content (AvgIpc) is 3.40. The minimum Gasteiger partial charge on any atom is -0.454 e. The number of benzene rings is 2. The van der Waals surface area contributed by atoms with E-state index in [-0.39, 0.29) is 0 Å². The van der Waals surface area contributed by atoms with Crippen LogP contribution in [-0.4, -0.2) is 13.6 Å². The number of unbranched alkanes of at least 4 members (excludes halogenated alkanes) is 1. The third-order valence-corrected chi connectivity index (χ3v) is 5.15. The summed E-state index contributed by atoms with van der Waals surface area (Å²) in [7, 11) is 0. The van der Waals surface area contributed by atoms with Crippen molar-refractivity contribution in [1.29, 1.82) is 0 Å². The Morgan fingerprint density at radius 1 is 0.833 bits per heavy atom. The SMILES string of the molecule is CCC/C=C(/C=C\C=C(/C)Cc1ccc2c(c1)OCO2)Cc1ccc2c(c1)OCO2. The third-order valence-electron chi connectivity index (χ3n) is 5.15. The molecule has 156 valence electrons. The number of allylic oxidation sites excluding steroid dienone is 6. The fourth-order valence-corrected chi connectivity index (χ4v) is 3.58. The van der Waals surface area contributed by atoms with Crippen LogP contribution >= 0.6 is 0 Å². The summed E-state index contributed by atoms with van der Waals surface area (Å²) in [4.78, 5) is 0. The van der Waals surface area contributed by atoms with Crippen LogP contribution < -0.4 is 18.9 Å². The second-order valence-corrected chi connectivity index (χ2v) is 7.67. The average molecular weight is 405 g/mol. The maximum Gasteiger partial charge on any atom is 0.231 e. The molecule has 0 atom stereocenters. The first-order chi connectivity index (χ1) is 14.7. The Balaban J connectivity index is 1.40. The topological polar surface area (TPSA) is 36.9 Å². The van der Waals surface area contributed by atoms with Gasteiger partial charge in [0, 0.05) is 0 Å². The summed E-state index contributed by atoms with van der Waals surface area (Å²) in [5.74, 6) is 3.33. The molecule has 0 fully saturated rings. The Hall–Kier alpha value is -3.14. The van der Waals surface area contributed by atoms with Gasteiger partial charge in [-0.2, -0.15) is 0 Å². The van der Waals surface area contributed by atoms with Gasteiger partial charge in [0.25, 0.3) is 0 Å². The van der Waals surface area contributed by atoms with Crippen LogP contribution in [0.25, 0.3) is 0 Å². The zero-order valence-electron chi connectivity index (χ0n) is 17.6. The summed E-state index contributed by atoms with van der Waals surface area (Å²) in [6.45, 7) is 4.98. The lowest BCUT2D eigenvalue weighted by Gasteiger charge is -2.05. The zero-order valence-corrected chi connectivity index (χ0v) is 17.6. The van der Waals surface area contributed by atoms with Gasteiger partial charge in [-0.25, -0.2) is 0 Å². The van der Waals surface area contributed by atoms with E-state index >= 15 is 0 Å². The first-order valence-corrected chi connectivity index (χ1v) is 10.5. The Morgan fingerprint density at radius 2 is 1.43 bits per heavy atom. The Morgan fingerprint density at radius 3 is 2.07 bits per heavy atom. The molecule has 0 saturated heterocycles. The zero-order chi connectivity index (χ0) is 20.8. The molecule has 4 nitrogen and oxygen atoms in total. The molecular formula is C26H28O4. The molecule has 0 unspecified atom stereocenters. The molecule has 0 aliphatic carbocycles. The standard InChI is InChI=1S/C26H28O4/c1-3-4-7-20(14-22-10-12-24-26(16-22)30-18-28-24)8-5-6-19(2)13-21-9-11-23-25(15-21)29-17-27-23/h5-12,15-16H,3-4,13-14,17-18H2,1-2H3/b8-5-,19-6+,20-7-. The number of hydrogen-bond donors (Lipinski definition) is 0. The van der Waals surface area contributed by atoms with E-state index in [9.17, 15) is 0 Å². The number of rotatable bonds is 8. The second-order valence-electron chi connectivity index (χ2n) is 7.67. The van der Waals surface area contributed by atoms with E-state index in [2.05, 4.69) is 62.4 Å². The van der Waals surface area contributed by atoms with Gasteiger partial charge in [-0.05, 0) is 67.2 Å². The molecule has 0 aromatic heterocycles. The van der Waals surface area contributed by atoms with E-state index in [0.717, 1.165) is 48.7 Å². The molecule has 2 aromatic rings. The lowest BCUT2D eigenvalue weighted by atomic mass is 10.0. The highest BCUT2D eigenvalue weighted by atomic mass is 16.7. The smallest absolute Gasteiger partial charge is 0.231 e. The second kappa shape index (κ2) is 9.57. The summed E-state index contributed by atoms with van der Waals surface area (Å²) in [5.41, 5.74) is 5.06. The van der Waals surface area contributed by atoms with Crippen molar-refractivity contribution >= 4 is 0 Å². The highest BCUT2D eigenvalue weighted by Gasteiger charge is 2.14. The molecule has 0 bridgehead atoms. The molecule has 0 saturated carbocycles. The van der Waals surface area contributed by atoms with Gasteiger partial charge in [0.05, 0.1) is 0 Å². The summed E-state index contributed by atoms with van der Waals surface area (Å²) in [6, 6.07) is 12.3. The van der Waals surface area contributed by atoms with Crippen LogP contribution in [0.5, 0.6) is 23.0 Å². The molecule has 0 N–H and O–H groups in total. The highest BCUT2D eigenvalue weighted by Crippen LogP contribution is 2.34. The number of ether oxygens (including phenoxy) is 4. The molecule has 2 aromatic carbocycles. The number of hydrogen-bond acceptors (Lipinski definition) is 4. The molecule has 2 aliphatic rings. The predicted molar refractivity (Wildman–Crippen MR) is 118 cm³/mol. The van der Waals surface area contributed by atoms with Gasteiger partial charge in [-0.15, -0.1) is 0 Å². The minimum absolute atomic E-state index is 0.310. The fourth-order valence-electron chi connectivity index (χ4n) is 3.58. The van der Waals surface area contributed by atoms with Crippen molar-refractivity contribution < 1.29 is 18.9 Å². The Kier molecular flexibility index (Phi) is 6.43. The van der Waals surface area contributed by atoms with Crippen LogP contribution in [-0.2, 0) is 12.8 Å². The molecule has 4 heteroatoms. The van der Waals surface area contributed by atoms with E-state index < -0.39 is 0 Å². The van der Waals surface area contributed by atoms with Gasteiger partial charge < -0.3 is 18.9 Å². The molecule has 0 radical (unpaired) electrons. The van der Waals surface area contributed by atoms with E-state index in [1.807, 2.05) is 12.1 Å². The van der Waals surface area contributed by atoms with Crippen LogP contribution in [0.3, 0.4) is 0 Å². The van der Waals surface area contributed by atoms with Crippen molar-refractivity contribution in [3.05, 3.63) is 83.0 Å². The van der Waals surface area contributed by atoms with E-state index in [1.165, 1.54) is 22.3 Å². The Labute approximate surface area is 178 Å². The normalized spacial score (nSPS) is 15.3. The van der Waals surface area contributed by atoms with Crippen molar-refractivity contribution in [3.8, 4) is 23.0 Å². The van der Waals surface area contributed by atoms with Crippen LogP contribution in [0.4, 0.5) is 0 Å². The summed E-state index contributed by atoms with van der Waals surface area (Å²) in [5, 5.41) is 0. The molecule has 0 amide bonds. The molecule has 4 rings (SSSR count). The largest absolute Gasteiger partial charge is 0.454 e. The maximum absolute atomic E-state index is 5.51. The summed E-state index contributed by atoms with van der Waals surface area (Å²) in [6.07, 6.45) is 12.8. The van der Waals surface area contributed by atoms with Crippen molar-refractivity contribution in [1.82, 2.24) is 0 Å². The first-order valence-electron chi connectivity index (χ1n) is 10.5. The summed E-state index contributed by atoms with van der Waals surface area (Å²) >= 11 is 0. The lowest BCUT2D eigenvalue weighted by Crippen LogP contribution is -1.93.